The fraction of sp³-hybridized carbons (Fsp3) is 0.174. The standard InChI is InChI=1S/C23H21ClN2O4S/c1-14-5-7-15(8-6-14)18(13-21(27)30-2)25-22(28)16-9-10-17(24)19(12-16)26-23(29)20-4-3-11-31-20/h3-12,18H,13H2,1-2H3,(H,25,28)(H,26,29). The Morgan fingerprint density at radius 3 is 2.45 bits per heavy atom. The van der Waals surface area contributed by atoms with Crippen LogP contribution in [0.5, 0.6) is 0 Å². The van der Waals surface area contributed by atoms with E-state index in [0.717, 1.165) is 11.1 Å². The Balaban J connectivity index is 1.80. The zero-order chi connectivity index (χ0) is 22.4. The van der Waals surface area contributed by atoms with E-state index in [1.807, 2.05) is 31.2 Å². The number of anilines is 1. The van der Waals surface area contributed by atoms with Crippen LogP contribution in [0.4, 0.5) is 5.69 Å². The van der Waals surface area contributed by atoms with Crippen LogP contribution in [0.1, 0.15) is 43.6 Å². The molecule has 0 radical (unpaired) electrons. The van der Waals surface area contributed by atoms with Crippen molar-refractivity contribution in [2.75, 3.05) is 12.4 Å². The molecule has 0 spiro atoms. The number of ether oxygens (including phenoxy) is 1. The van der Waals surface area contributed by atoms with Crippen molar-refractivity contribution >= 4 is 46.4 Å². The number of hydrogen-bond donors (Lipinski definition) is 2. The minimum atomic E-state index is -0.569. The van der Waals surface area contributed by atoms with Crippen LogP contribution in [0.15, 0.2) is 60.0 Å². The number of hydrogen-bond acceptors (Lipinski definition) is 5. The molecule has 8 heteroatoms. The van der Waals surface area contributed by atoms with Gasteiger partial charge in [0.1, 0.15) is 0 Å². The van der Waals surface area contributed by atoms with Crippen molar-refractivity contribution in [3.8, 4) is 0 Å². The van der Waals surface area contributed by atoms with E-state index in [2.05, 4.69) is 10.6 Å². The summed E-state index contributed by atoms with van der Waals surface area (Å²) in [5.74, 6) is -1.15. The first-order chi connectivity index (χ1) is 14.9. The van der Waals surface area contributed by atoms with Crippen LogP contribution in [0, 0.1) is 6.92 Å². The van der Waals surface area contributed by atoms with Crippen LogP contribution in [-0.4, -0.2) is 24.9 Å². The summed E-state index contributed by atoms with van der Waals surface area (Å²) in [4.78, 5) is 37.7. The smallest absolute Gasteiger partial charge is 0.307 e. The Hall–Kier alpha value is -3.16. The zero-order valence-corrected chi connectivity index (χ0v) is 18.5. The molecule has 1 heterocycles. The van der Waals surface area contributed by atoms with E-state index in [9.17, 15) is 14.4 Å². The third-order valence-electron chi connectivity index (χ3n) is 4.61. The van der Waals surface area contributed by atoms with Crippen molar-refractivity contribution in [2.45, 2.75) is 19.4 Å². The zero-order valence-electron chi connectivity index (χ0n) is 17.0. The lowest BCUT2D eigenvalue weighted by Gasteiger charge is -2.19. The quantitative estimate of drug-likeness (QED) is 0.490. The van der Waals surface area contributed by atoms with E-state index in [0.29, 0.717) is 21.2 Å². The molecule has 0 aliphatic rings. The molecular formula is C23H21ClN2O4S. The minimum Gasteiger partial charge on any atom is -0.469 e. The van der Waals surface area contributed by atoms with Gasteiger partial charge in [0.25, 0.3) is 11.8 Å². The normalized spacial score (nSPS) is 11.5. The number of thiophene rings is 1. The highest BCUT2D eigenvalue weighted by Gasteiger charge is 2.21. The predicted molar refractivity (Wildman–Crippen MR) is 122 cm³/mol. The summed E-state index contributed by atoms with van der Waals surface area (Å²) >= 11 is 7.51. The average molecular weight is 457 g/mol. The van der Waals surface area contributed by atoms with Gasteiger partial charge in [0.05, 0.1) is 35.2 Å². The van der Waals surface area contributed by atoms with Gasteiger partial charge in [0.2, 0.25) is 0 Å². The average Bonchev–Trinajstić information content (AvgIpc) is 3.30. The lowest BCUT2D eigenvalue weighted by molar-refractivity contribution is -0.141. The van der Waals surface area contributed by atoms with E-state index in [-0.39, 0.29) is 12.3 Å². The minimum absolute atomic E-state index is 0.0130. The first-order valence-electron chi connectivity index (χ1n) is 9.46. The molecule has 0 bridgehead atoms. The lowest BCUT2D eigenvalue weighted by Crippen LogP contribution is -2.30. The number of rotatable bonds is 7. The van der Waals surface area contributed by atoms with E-state index >= 15 is 0 Å². The van der Waals surface area contributed by atoms with Gasteiger partial charge >= 0.3 is 5.97 Å². The molecule has 1 atom stereocenters. The number of methoxy groups -OCH3 is 1. The van der Waals surface area contributed by atoms with Gasteiger partial charge < -0.3 is 15.4 Å². The molecule has 6 nitrogen and oxygen atoms in total. The van der Waals surface area contributed by atoms with E-state index in [1.54, 1.807) is 29.6 Å². The molecule has 160 valence electrons. The maximum Gasteiger partial charge on any atom is 0.307 e. The topological polar surface area (TPSA) is 84.5 Å². The van der Waals surface area contributed by atoms with Crippen LogP contribution in [0.2, 0.25) is 5.02 Å². The van der Waals surface area contributed by atoms with Crippen LogP contribution >= 0.6 is 22.9 Å². The van der Waals surface area contributed by atoms with Crippen molar-refractivity contribution in [2.24, 2.45) is 0 Å². The van der Waals surface area contributed by atoms with Crippen LogP contribution in [-0.2, 0) is 9.53 Å². The summed E-state index contributed by atoms with van der Waals surface area (Å²) in [6.45, 7) is 1.96. The third-order valence-corrected chi connectivity index (χ3v) is 5.80. The molecular weight excluding hydrogens is 436 g/mol. The van der Waals surface area contributed by atoms with E-state index in [1.165, 1.54) is 24.5 Å². The van der Waals surface area contributed by atoms with Crippen LogP contribution < -0.4 is 10.6 Å². The number of halogens is 1. The maximum absolute atomic E-state index is 12.9. The molecule has 0 fully saturated rings. The van der Waals surface area contributed by atoms with Gasteiger partial charge in [-0.15, -0.1) is 11.3 Å². The van der Waals surface area contributed by atoms with Gasteiger partial charge in [0.15, 0.2) is 0 Å². The number of aryl methyl sites for hydroxylation is 1. The Kier molecular flexibility index (Phi) is 7.44. The number of carbonyl (C=O) groups excluding carboxylic acids is 3. The summed E-state index contributed by atoms with van der Waals surface area (Å²) in [5, 5.41) is 7.70. The van der Waals surface area contributed by atoms with Gasteiger partial charge in [0, 0.05) is 5.56 Å². The summed E-state index contributed by atoms with van der Waals surface area (Å²) in [6, 6.07) is 15.0. The molecule has 3 rings (SSSR count). The Morgan fingerprint density at radius 2 is 1.81 bits per heavy atom. The molecule has 0 aliphatic carbocycles. The van der Waals surface area contributed by atoms with E-state index in [4.69, 9.17) is 16.3 Å². The fourth-order valence-electron chi connectivity index (χ4n) is 2.90. The largest absolute Gasteiger partial charge is 0.469 e. The molecule has 3 aromatic rings. The summed E-state index contributed by atoms with van der Waals surface area (Å²) in [6.07, 6.45) is -0.0130. The number of carbonyl (C=O) groups is 3. The Labute approximate surface area is 189 Å². The molecule has 2 aromatic carbocycles. The van der Waals surface area contributed by atoms with Crippen molar-refractivity contribution in [3.05, 3.63) is 86.6 Å². The van der Waals surface area contributed by atoms with Crippen molar-refractivity contribution < 1.29 is 19.1 Å². The van der Waals surface area contributed by atoms with Gasteiger partial charge in [-0.05, 0) is 42.1 Å². The van der Waals surface area contributed by atoms with Crippen molar-refractivity contribution in [1.82, 2.24) is 5.32 Å². The molecule has 31 heavy (non-hydrogen) atoms. The van der Waals surface area contributed by atoms with Gasteiger partial charge in [-0.3, -0.25) is 14.4 Å². The molecule has 0 aliphatic heterocycles. The predicted octanol–water partition coefficient (Wildman–Crippen LogP) is 5.00. The second-order valence-electron chi connectivity index (χ2n) is 6.84. The Morgan fingerprint density at radius 1 is 1.06 bits per heavy atom. The summed E-state index contributed by atoms with van der Waals surface area (Å²) < 4.78 is 4.77. The van der Waals surface area contributed by atoms with Crippen molar-refractivity contribution in [1.29, 1.82) is 0 Å². The van der Waals surface area contributed by atoms with Gasteiger partial charge in [-0.1, -0.05) is 47.5 Å². The highest BCUT2D eigenvalue weighted by molar-refractivity contribution is 7.12. The fourth-order valence-corrected chi connectivity index (χ4v) is 3.68. The lowest BCUT2D eigenvalue weighted by atomic mass is 10.0. The SMILES string of the molecule is COC(=O)CC(NC(=O)c1ccc(Cl)c(NC(=O)c2cccs2)c1)c1ccc(C)cc1. The number of esters is 1. The monoisotopic (exact) mass is 456 g/mol. The van der Waals surface area contributed by atoms with Crippen LogP contribution in [0.25, 0.3) is 0 Å². The summed E-state index contributed by atoms with van der Waals surface area (Å²) in [7, 11) is 1.30. The second-order valence-corrected chi connectivity index (χ2v) is 8.20. The molecule has 0 saturated carbocycles. The van der Waals surface area contributed by atoms with Crippen LogP contribution in [0.3, 0.4) is 0 Å². The molecule has 2 N–H and O–H groups in total. The number of amides is 2. The molecule has 1 aromatic heterocycles. The van der Waals surface area contributed by atoms with Gasteiger partial charge in [-0.25, -0.2) is 0 Å². The first-order valence-corrected chi connectivity index (χ1v) is 10.7. The highest BCUT2D eigenvalue weighted by atomic mass is 35.5. The van der Waals surface area contributed by atoms with E-state index < -0.39 is 17.9 Å². The number of benzene rings is 2. The maximum atomic E-state index is 12.9. The third kappa shape index (κ3) is 5.93. The molecule has 1 unspecified atom stereocenters. The summed E-state index contributed by atoms with van der Waals surface area (Å²) in [5.41, 5.74) is 2.47. The highest BCUT2D eigenvalue weighted by Crippen LogP contribution is 2.25. The number of nitrogens with one attached hydrogen (secondary N) is 2. The first kappa shape index (κ1) is 22.5. The molecule has 2 amide bonds. The second kappa shape index (κ2) is 10.2. The van der Waals surface area contributed by atoms with Crippen molar-refractivity contribution in [3.63, 3.8) is 0 Å². The molecule has 0 saturated heterocycles. The Bertz CT molecular complexity index is 1080. The van der Waals surface area contributed by atoms with Gasteiger partial charge in [-0.2, -0.15) is 0 Å².